The molecule has 0 aliphatic heterocycles. The zero-order valence-corrected chi connectivity index (χ0v) is 21.0. The molecule has 198 valence electrons. The molecule has 0 bridgehead atoms. The maximum atomic E-state index is 12.8. The minimum atomic E-state index is -4.61. The van der Waals surface area contributed by atoms with Crippen molar-refractivity contribution in [1.29, 1.82) is 0 Å². The molecule has 0 aliphatic carbocycles. The van der Waals surface area contributed by atoms with Crippen molar-refractivity contribution >= 4 is 27.9 Å². The number of hydrogen-bond acceptors (Lipinski definition) is 7. The molecule has 3 rings (SSSR count). The van der Waals surface area contributed by atoms with E-state index in [0.717, 1.165) is 12.1 Å². The first-order valence-electron chi connectivity index (χ1n) is 10.5. The Bertz CT molecular complexity index is 1380. The van der Waals surface area contributed by atoms with Gasteiger partial charge < -0.3 is 24.1 Å². The minimum Gasteiger partial charge on any atom is -0.503 e. The molecule has 2 N–H and O–H groups in total. The summed E-state index contributed by atoms with van der Waals surface area (Å²) >= 11 is 0. The van der Waals surface area contributed by atoms with Crippen LogP contribution in [0.25, 0.3) is 12.2 Å². The van der Waals surface area contributed by atoms with Crippen molar-refractivity contribution in [2.45, 2.75) is 11.1 Å². The number of halogens is 3. The van der Waals surface area contributed by atoms with Crippen LogP contribution in [0.15, 0.2) is 53.4 Å². The van der Waals surface area contributed by atoms with Crippen molar-refractivity contribution in [2.75, 3.05) is 33.2 Å². The number of anilines is 1. The van der Waals surface area contributed by atoms with Crippen LogP contribution in [0, 0.1) is 0 Å². The van der Waals surface area contributed by atoms with E-state index < -0.39 is 32.4 Å². The topological polar surface area (TPSA) is 103 Å². The maximum Gasteiger partial charge on any atom is 0.416 e. The zero-order valence-electron chi connectivity index (χ0n) is 20.2. The van der Waals surface area contributed by atoms with E-state index in [1.807, 2.05) is 0 Å². The molecular weight excluding hydrogens is 515 g/mol. The van der Waals surface area contributed by atoms with Crippen LogP contribution in [0.3, 0.4) is 0 Å². The first-order valence-corrected chi connectivity index (χ1v) is 12.0. The summed E-state index contributed by atoms with van der Waals surface area (Å²) in [5, 5.41) is 10.5. The highest BCUT2D eigenvalue weighted by Crippen LogP contribution is 2.40. The Morgan fingerprint density at radius 1 is 0.784 bits per heavy atom. The fourth-order valence-corrected chi connectivity index (χ4v) is 4.43. The Kier molecular flexibility index (Phi) is 8.12. The number of aromatic hydroxyl groups is 1. The molecule has 0 unspecified atom stereocenters. The molecule has 0 amide bonds. The first-order chi connectivity index (χ1) is 17.4. The van der Waals surface area contributed by atoms with Gasteiger partial charge in [0.05, 0.1) is 44.6 Å². The molecule has 0 fully saturated rings. The van der Waals surface area contributed by atoms with Crippen LogP contribution < -0.4 is 23.7 Å². The molecule has 0 heterocycles. The third-order valence-corrected chi connectivity index (χ3v) is 6.59. The number of sulfonamides is 1. The van der Waals surface area contributed by atoms with Gasteiger partial charge in [0.2, 0.25) is 5.75 Å². The van der Waals surface area contributed by atoms with Crippen molar-refractivity contribution < 1.29 is 45.6 Å². The highest BCUT2D eigenvalue weighted by atomic mass is 32.2. The van der Waals surface area contributed by atoms with Gasteiger partial charge in [-0.2, -0.15) is 13.2 Å². The summed E-state index contributed by atoms with van der Waals surface area (Å²) in [5.41, 5.74) is -0.124. The third kappa shape index (κ3) is 6.20. The van der Waals surface area contributed by atoms with Crippen molar-refractivity contribution in [3.63, 3.8) is 0 Å². The van der Waals surface area contributed by atoms with Crippen LogP contribution >= 0.6 is 0 Å². The van der Waals surface area contributed by atoms with E-state index in [4.69, 9.17) is 18.9 Å². The van der Waals surface area contributed by atoms with Crippen LogP contribution in [-0.2, 0) is 16.2 Å². The van der Waals surface area contributed by atoms with Gasteiger partial charge in [-0.1, -0.05) is 12.2 Å². The molecule has 0 aliphatic rings. The second kappa shape index (κ2) is 10.9. The molecule has 0 saturated carbocycles. The lowest BCUT2D eigenvalue weighted by Crippen LogP contribution is -2.14. The van der Waals surface area contributed by atoms with E-state index in [9.17, 15) is 26.7 Å². The number of rotatable bonds is 9. The van der Waals surface area contributed by atoms with Gasteiger partial charge in [0.25, 0.3) is 10.0 Å². The number of nitrogens with one attached hydrogen (secondary N) is 1. The fraction of sp³-hybridized carbons (Fsp3) is 0.200. The maximum absolute atomic E-state index is 12.8. The fourth-order valence-electron chi connectivity index (χ4n) is 3.38. The summed E-state index contributed by atoms with van der Waals surface area (Å²) in [5.74, 6) is 0.734. The van der Waals surface area contributed by atoms with E-state index in [1.165, 1.54) is 40.6 Å². The van der Waals surface area contributed by atoms with Crippen molar-refractivity contribution in [2.24, 2.45) is 0 Å². The Balaban J connectivity index is 1.97. The standard InChI is InChI=1S/C25H24F3NO7S/c1-33-20-12-15(5-6-16-13-21(34-2)24(36-4)22(14-16)35-3)11-19(23(20)30)29-37(31,32)18-9-7-17(8-10-18)25(26,27)28/h5-14,29-30H,1-4H3/b6-5-. The molecule has 0 radical (unpaired) electrons. The normalized spacial score (nSPS) is 11.9. The SMILES string of the molecule is COc1cc(/C=C\c2cc(OC)c(OC)c(OC)c2)cc(NS(=O)(=O)c2ccc(C(F)(F)F)cc2)c1O. The van der Waals surface area contributed by atoms with Gasteiger partial charge >= 0.3 is 6.18 Å². The quantitative estimate of drug-likeness (QED) is 0.277. The molecule has 0 saturated heterocycles. The number of hydrogen-bond donors (Lipinski definition) is 2. The van der Waals surface area contributed by atoms with Crippen molar-refractivity contribution in [3.8, 4) is 28.7 Å². The molecular formula is C25H24F3NO7S. The average Bonchev–Trinajstić information content (AvgIpc) is 2.87. The Hall–Kier alpha value is -4.06. The summed E-state index contributed by atoms with van der Waals surface area (Å²) in [6.07, 6.45) is -1.30. The second-order valence-electron chi connectivity index (χ2n) is 7.54. The average molecular weight is 540 g/mol. The summed E-state index contributed by atoms with van der Waals surface area (Å²) in [4.78, 5) is -0.419. The molecule has 8 nitrogen and oxygen atoms in total. The summed E-state index contributed by atoms with van der Waals surface area (Å²) in [6, 6.07) is 9.18. The lowest BCUT2D eigenvalue weighted by Gasteiger charge is -2.14. The molecule has 12 heteroatoms. The number of phenols is 1. The van der Waals surface area contributed by atoms with E-state index in [2.05, 4.69) is 4.72 Å². The zero-order chi connectivity index (χ0) is 27.4. The molecule has 0 spiro atoms. The van der Waals surface area contributed by atoms with Gasteiger partial charge in [0, 0.05) is 0 Å². The van der Waals surface area contributed by atoms with Crippen LogP contribution in [0.1, 0.15) is 16.7 Å². The number of phenolic OH excluding ortho intramolecular Hbond substituents is 1. The van der Waals surface area contributed by atoms with Crippen LogP contribution in [-0.4, -0.2) is 42.0 Å². The van der Waals surface area contributed by atoms with Crippen LogP contribution in [0.2, 0.25) is 0 Å². The van der Waals surface area contributed by atoms with Gasteiger partial charge in [0.1, 0.15) is 0 Å². The van der Waals surface area contributed by atoms with Crippen LogP contribution in [0.4, 0.5) is 18.9 Å². The predicted octanol–water partition coefficient (Wildman–Crippen LogP) is 5.42. The Morgan fingerprint density at radius 2 is 1.27 bits per heavy atom. The number of methoxy groups -OCH3 is 4. The summed E-state index contributed by atoms with van der Waals surface area (Å²) in [6.45, 7) is 0. The summed E-state index contributed by atoms with van der Waals surface area (Å²) in [7, 11) is 1.38. The summed E-state index contributed by atoms with van der Waals surface area (Å²) < 4.78 is 87.4. The molecule has 37 heavy (non-hydrogen) atoms. The highest BCUT2D eigenvalue weighted by Gasteiger charge is 2.30. The van der Waals surface area contributed by atoms with Crippen molar-refractivity contribution in [1.82, 2.24) is 0 Å². The van der Waals surface area contributed by atoms with Gasteiger partial charge in [0.15, 0.2) is 23.0 Å². The molecule has 3 aromatic carbocycles. The van der Waals surface area contributed by atoms with Gasteiger partial charge in [-0.25, -0.2) is 8.42 Å². The Morgan fingerprint density at radius 3 is 1.73 bits per heavy atom. The second-order valence-corrected chi connectivity index (χ2v) is 9.22. The van der Waals surface area contributed by atoms with Crippen LogP contribution in [0.5, 0.6) is 28.7 Å². The van der Waals surface area contributed by atoms with Gasteiger partial charge in [-0.05, 0) is 59.7 Å². The van der Waals surface area contributed by atoms with Crippen molar-refractivity contribution in [3.05, 3.63) is 65.2 Å². The highest BCUT2D eigenvalue weighted by molar-refractivity contribution is 7.92. The molecule has 0 atom stereocenters. The van der Waals surface area contributed by atoms with E-state index >= 15 is 0 Å². The number of benzene rings is 3. The lowest BCUT2D eigenvalue weighted by atomic mass is 10.1. The third-order valence-electron chi connectivity index (χ3n) is 5.21. The van der Waals surface area contributed by atoms with E-state index in [0.29, 0.717) is 40.5 Å². The van der Waals surface area contributed by atoms with E-state index in [-0.39, 0.29) is 11.4 Å². The molecule has 0 aromatic heterocycles. The molecule has 3 aromatic rings. The first kappa shape index (κ1) is 27.5. The van der Waals surface area contributed by atoms with E-state index in [1.54, 1.807) is 24.3 Å². The smallest absolute Gasteiger partial charge is 0.416 e. The van der Waals surface area contributed by atoms with Gasteiger partial charge in [-0.15, -0.1) is 0 Å². The predicted molar refractivity (Wildman–Crippen MR) is 132 cm³/mol. The monoisotopic (exact) mass is 539 g/mol. The number of alkyl halides is 3. The lowest BCUT2D eigenvalue weighted by molar-refractivity contribution is -0.137. The Labute approximate surface area is 211 Å². The number of ether oxygens (including phenoxy) is 4. The largest absolute Gasteiger partial charge is 0.503 e. The minimum absolute atomic E-state index is 0.0304. The van der Waals surface area contributed by atoms with Gasteiger partial charge in [-0.3, -0.25) is 4.72 Å².